The number of nitrogens with one attached hydrogen (secondary N) is 1. The van der Waals surface area contributed by atoms with Crippen molar-refractivity contribution in [3.8, 4) is 0 Å². The molecule has 0 radical (unpaired) electrons. The van der Waals surface area contributed by atoms with Crippen LogP contribution in [0, 0.1) is 5.92 Å². The van der Waals surface area contributed by atoms with E-state index < -0.39 is 11.7 Å². The van der Waals surface area contributed by atoms with Gasteiger partial charge in [-0.05, 0) is 18.4 Å². The van der Waals surface area contributed by atoms with Crippen LogP contribution in [0.5, 0.6) is 0 Å². The second kappa shape index (κ2) is 9.88. The Balaban J connectivity index is 1.56. The van der Waals surface area contributed by atoms with Gasteiger partial charge in [-0.2, -0.15) is 4.98 Å². The normalized spacial score (nSPS) is 21.4. The molecular formula is C21H31N5O4. The molecule has 9 heteroatoms. The Labute approximate surface area is 175 Å². The SMILES string of the molecule is C=C1[C@H](COC(=O)CCCCCCCC)[C@@H](O)C[C@@H]1n1cnc2c(=O)[nH]c(N)nc21. The van der Waals surface area contributed by atoms with Crippen LogP contribution in [0.25, 0.3) is 11.2 Å². The number of aliphatic hydroxyl groups is 1. The molecule has 30 heavy (non-hydrogen) atoms. The number of fused-ring (bicyclic) bond motifs is 1. The molecule has 1 saturated carbocycles. The molecule has 1 aliphatic rings. The third-order valence-corrected chi connectivity index (χ3v) is 5.78. The van der Waals surface area contributed by atoms with E-state index in [-0.39, 0.29) is 36.0 Å². The molecule has 2 aromatic heterocycles. The van der Waals surface area contributed by atoms with Gasteiger partial charge in [0.1, 0.15) is 6.61 Å². The van der Waals surface area contributed by atoms with Gasteiger partial charge in [-0.15, -0.1) is 0 Å². The molecule has 164 valence electrons. The van der Waals surface area contributed by atoms with E-state index in [1.165, 1.54) is 25.6 Å². The van der Waals surface area contributed by atoms with Gasteiger partial charge in [-0.25, -0.2) is 4.98 Å². The van der Waals surface area contributed by atoms with Crippen LogP contribution in [-0.4, -0.2) is 43.3 Å². The molecule has 0 aliphatic heterocycles. The highest BCUT2D eigenvalue weighted by molar-refractivity contribution is 5.71. The minimum atomic E-state index is -0.707. The van der Waals surface area contributed by atoms with E-state index in [1.54, 1.807) is 4.57 Å². The van der Waals surface area contributed by atoms with Crippen LogP contribution in [-0.2, 0) is 9.53 Å². The first-order valence-electron chi connectivity index (χ1n) is 10.7. The Kier molecular flexibility index (Phi) is 7.25. The number of imidazole rings is 1. The second-order valence-electron chi connectivity index (χ2n) is 7.98. The highest BCUT2D eigenvalue weighted by atomic mass is 16.5. The van der Waals surface area contributed by atoms with Gasteiger partial charge in [0.25, 0.3) is 5.56 Å². The molecule has 0 bridgehead atoms. The third kappa shape index (κ3) is 4.89. The first kappa shape index (κ1) is 22.0. The fraction of sp³-hybridized carbons (Fsp3) is 0.619. The number of carbonyl (C=O) groups excluding carboxylic acids is 1. The molecule has 0 unspecified atom stereocenters. The Morgan fingerprint density at radius 2 is 2.10 bits per heavy atom. The number of carbonyl (C=O) groups is 1. The summed E-state index contributed by atoms with van der Waals surface area (Å²) in [4.78, 5) is 34.8. The molecule has 2 aromatic rings. The monoisotopic (exact) mass is 417 g/mol. The van der Waals surface area contributed by atoms with Gasteiger partial charge in [-0.3, -0.25) is 14.6 Å². The lowest BCUT2D eigenvalue weighted by Gasteiger charge is -2.17. The van der Waals surface area contributed by atoms with Crippen molar-refractivity contribution < 1.29 is 14.6 Å². The molecular weight excluding hydrogens is 386 g/mol. The molecule has 9 nitrogen and oxygen atoms in total. The topological polar surface area (TPSA) is 136 Å². The van der Waals surface area contributed by atoms with E-state index in [0.717, 1.165) is 24.8 Å². The van der Waals surface area contributed by atoms with E-state index in [9.17, 15) is 14.7 Å². The zero-order chi connectivity index (χ0) is 21.7. The van der Waals surface area contributed by atoms with Gasteiger partial charge in [0.05, 0.1) is 18.5 Å². The number of rotatable bonds is 10. The average molecular weight is 418 g/mol. The van der Waals surface area contributed by atoms with Crippen LogP contribution in [0.4, 0.5) is 5.95 Å². The van der Waals surface area contributed by atoms with Crippen LogP contribution < -0.4 is 11.3 Å². The molecule has 0 aromatic carbocycles. The van der Waals surface area contributed by atoms with Gasteiger partial charge in [0, 0.05) is 12.3 Å². The van der Waals surface area contributed by atoms with Gasteiger partial charge in [0.15, 0.2) is 11.2 Å². The molecule has 2 heterocycles. The number of anilines is 1. The van der Waals surface area contributed by atoms with Gasteiger partial charge in [-0.1, -0.05) is 45.6 Å². The first-order valence-corrected chi connectivity index (χ1v) is 10.7. The number of hydrogen-bond donors (Lipinski definition) is 3. The van der Waals surface area contributed by atoms with Gasteiger partial charge >= 0.3 is 5.97 Å². The van der Waals surface area contributed by atoms with Crippen LogP contribution in [0.3, 0.4) is 0 Å². The molecule has 1 aliphatic carbocycles. The summed E-state index contributed by atoms with van der Waals surface area (Å²) < 4.78 is 7.11. The summed E-state index contributed by atoms with van der Waals surface area (Å²) in [5.74, 6) is -0.623. The van der Waals surface area contributed by atoms with Crippen molar-refractivity contribution >= 4 is 23.1 Å². The van der Waals surface area contributed by atoms with Gasteiger partial charge in [0.2, 0.25) is 5.95 Å². The highest BCUT2D eigenvalue weighted by Gasteiger charge is 2.39. The van der Waals surface area contributed by atoms with Crippen molar-refractivity contribution in [3.05, 3.63) is 28.8 Å². The number of unbranched alkanes of at least 4 members (excludes halogenated alkanes) is 5. The van der Waals surface area contributed by atoms with Crippen molar-refractivity contribution in [1.82, 2.24) is 19.5 Å². The van der Waals surface area contributed by atoms with Gasteiger partial charge < -0.3 is 20.1 Å². The van der Waals surface area contributed by atoms with E-state index in [1.807, 2.05) is 0 Å². The predicted molar refractivity (Wildman–Crippen MR) is 114 cm³/mol. The van der Waals surface area contributed by atoms with E-state index in [0.29, 0.717) is 18.5 Å². The molecule has 0 amide bonds. The lowest BCUT2D eigenvalue weighted by atomic mass is 10.0. The second-order valence-corrected chi connectivity index (χ2v) is 7.98. The Bertz CT molecular complexity index is 951. The van der Waals surface area contributed by atoms with Crippen molar-refractivity contribution in [2.45, 2.75) is 70.4 Å². The number of H-pyrrole nitrogens is 1. The number of nitrogen functional groups attached to an aromatic ring is 1. The zero-order valence-corrected chi connectivity index (χ0v) is 17.5. The molecule has 0 spiro atoms. The van der Waals surface area contributed by atoms with Crippen molar-refractivity contribution in [3.63, 3.8) is 0 Å². The van der Waals surface area contributed by atoms with Crippen molar-refractivity contribution in [2.75, 3.05) is 12.3 Å². The van der Waals surface area contributed by atoms with Crippen molar-refractivity contribution in [2.24, 2.45) is 5.92 Å². The van der Waals surface area contributed by atoms with Crippen LogP contribution in [0.2, 0.25) is 0 Å². The average Bonchev–Trinajstić information content (AvgIpc) is 3.23. The predicted octanol–water partition coefficient (Wildman–Crippen LogP) is 2.47. The van der Waals surface area contributed by atoms with Crippen molar-refractivity contribution in [1.29, 1.82) is 0 Å². The smallest absolute Gasteiger partial charge is 0.305 e. The maximum Gasteiger partial charge on any atom is 0.305 e. The number of aromatic amines is 1. The Hall–Kier alpha value is -2.68. The summed E-state index contributed by atoms with van der Waals surface area (Å²) in [5, 5.41) is 10.5. The standard InChI is InChI=1S/C21H31N5O4/c1-3-4-5-6-7-8-9-17(28)30-11-14-13(2)15(10-16(14)27)26-12-23-18-19(26)24-21(22)25-20(18)29/h12,14-16,27H,2-11H2,1H3,(H3,22,24,25,29)/t14-,15-,16-/m0/s1. The number of esters is 1. The van der Waals surface area contributed by atoms with Crippen LogP contribution in [0.1, 0.15) is 64.3 Å². The fourth-order valence-corrected chi connectivity index (χ4v) is 4.02. The van der Waals surface area contributed by atoms with Crippen LogP contribution in [0.15, 0.2) is 23.3 Å². The highest BCUT2D eigenvalue weighted by Crippen LogP contribution is 2.40. The maximum atomic E-state index is 12.1. The summed E-state index contributed by atoms with van der Waals surface area (Å²) in [6.45, 7) is 6.38. The lowest BCUT2D eigenvalue weighted by molar-refractivity contribution is -0.145. The maximum absolute atomic E-state index is 12.1. The first-order chi connectivity index (χ1) is 14.4. The third-order valence-electron chi connectivity index (χ3n) is 5.78. The van der Waals surface area contributed by atoms with E-state index in [4.69, 9.17) is 10.5 Å². The summed E-state index contributed by atoms with van der Waals surface area (Å²) in [6, 6.07) is -0.305. The molecule has 3 rings (SSSR count). The van der Waals surface area contributed by atoms with Crippen LogP contribution >= 0.6 is 0 Å². The number of hydrogen-bond acceptors (Lipinski definition) is 7. The molecule has 1 fully saturated rings. The quantitative estimate of drug-likeness (QED) is 0.307. The summed E-state index contributed by atoms with van der Waals surface area (Å²) >= 11 is 0. The minimum Gasteiger partial charge on any atom is -0.465 e. The van der Waals surface area contributed by atoms with E-state index in [2.05, 4.69) is 28.5 Å². The number of nitrogens with zero attached hydrogens (tertiary/aromatic N) is 3. The summed E-state index contributed by atoms with van der Waals surface area (Å²) in [5.41, 5.74) is 6.48. The number of aromatic nitrogens is 4. The van der Waals surface area contributed by atoms with E-state index >= 15 is 0 Å². The molecule has 3 atom stereocenters. The molecule has 0 saturated heterocycles. The lowest BCUT2D eigenvalue weighted by Crippen LogP contribution is -2.22. The summed E-state index contributed by atoms with van der Waals surface area (Å²) in [6.07, 6.45) is 8.18. The zero-order valence-electron chi connectivity index (χ0n) is 17.5. The summed E-state index contributed by atoms with van der Waals surface area (Å²) in [7, 11) is 0. The largest absolute Gasteiger partial charge is 0.465 e. The number of nitrogens with two attached hydrogens (primary N) is 1. The number of ether oxygens (including phenoxy) is 1. The fourth-order valence-electron chi connectivity index (χ4n) is 4.02. The Morgan fingerprint density at radius 3 is 2.87 bits per heavy atom. The Morgan fingerprint density at radius 1 is 1.37 bits per heavy atom. The minimum absolute atomic E-state index is 0.00131. The number of aliphatic hydroxyl groups excluding tert-OH is 1. The molecule has 4 N–H and O–H groups in total.